The molecule has 0 amide bonds. The van der Waals surface area contributed by atoms with Gasteiger partial charge in [-0.1, -0.05) is 0 Å². The molecular weight excluding hydrogens is 102 g/mol. The Morgan fingerprint density at radius 3 is 1.71 bits per heavy atom. The normalized spacial score (nSPS) is 49.3. The third kappa shape index (κ3) is 0.608. The number of halogens is 2. The second kappa shape index (κ2) is 1.40. The van der Waals surface area contributed by atoms with Crippen LogP contribution in [0, 0.1) is 0 Å². The lowest BCUT2D eigenvalue weighted by Crippen LogP contribution is -1.90. The maximum atomic E-state index is 11.7. The van der Waals surface area contributed by atoms with Gasteiger partial charge in [0.2, 0.25) is 0 Å². The second-order valence-corrected chi connectivity index (χ2v) is 1.59. The molecule has 1 nitrogen and oxygen atoms in total. The first-order valence-corrected chi connectivity index (χ1v) is 2.08. The molecule has 0 aromatic rings. The molecule has 1 saturated carbocycles. The van der Waals surface area contributed by atoms with E-state index >= 15 is 0 Å². The number of methoxy groups -OCH3 is 1. The largest absolute Gasteiger partial charge is 0.375 e. The molecule has 2 atom stereocenters. The standard InChI is InChI=1S/C4H6F2O/c1-7-4-2(5)3(4)6/h2-4H,1H3. The van der Waals surface area contributed by atoms with Gasteiger partial charge in [-0.2, -0.15) is 0 Å². The molecule has 3 heteroatoms. The third-order valence-corrected chi connectivity index (χ3v) is 1.06. The molecule has 1 aliphatic carbocycles. The maximum absolute atomic E-state index is 11.7. The van der Waals surface area contributed by atoms with E-state index in [4.69, 9.17) is 0 Å². The van der Waals surface area contributed by atoms with Crippen molar-refractivity contribution in [2.75, 3.05) is 7.11 Å². The van der Waals surface area contributed by atoms with E-state index in [-0.39, 0.29) is 0 Å². The molecule has 1 fully saturated rings. The molecule has 0 heterocycles. The Balaban J connectivity index is 2.24. The third-order valence-electron chi connectivity index (χ3n) is 1.06. The van der Waals surface area contributed by atoms with Crippen LogP contribution < -0.4 is 0 Å². The maximum Gasteiger partial charge on any atom is 0.163 e. The van der Waals surface area contributed by atoms with Crippen LogP contribution in [-0.4, -0.2) is 25.6 Å². The van der Waals surface area contributed by atoms with E-state index in [0.717, 1.165) is 0 Å². The fraction of sp³-hybridized carbons (Fsp3) is 1.00. The molecule has 1 aliphatic rings. The zero-order valence-electron chi connectivity index (χ0n) is 3.90. The molecule has 0 saturated heterocycles. The molecule has 0 aromatic carbocycles. The molecule has 0 radical (unpaired) electrons. The van der Waals surface area contributed by atoms with Crippen molar-refractivity contribution >= 4 is 0 Å². The van der Waals surface area contributed by atoms with Gasteiger partial charge in [0.1, 0.15) is 6.10 Å². The molecule has 0 aliphatic heterocycles. The molecule has 42 valence electrons. The van der Waals surface area contributed by atoms with Gasteiger partial charge in [-0.3, -0.25) is 0 Å². The van der Waals surface area contributed by atoms with Gasteiger partial charge in [-0.05, 0) is 0 Å². The van der Waals surface area contributed by atoms with Gasteiger partial charge in [0.05, 0.1) is 0 Å². The lowest BCUT2D eigenvalue weighted by Gasteiger charge is -1.82. The van der Waals surface area contributed by atoms with Crippen LogP contribution in [0.25, 0.3) is 0 Å². The highest BCUT2D eigenvalue weighted by atomic mass is 19.2. The van der Waals surface area contributed by atoms with Gasteiger partial charge >= 0.3 is 0 Å². The number of hydrogen-bond acceptors (Lipinski definition) is 1. The molecule has 0 aromatic heterocycles. The van der Waals surface area contributed by atoms with E-state index < -0.39 is 18.4 Å². The summed E-state index contributed by atoms with van der Waals surface area (Å²) >= 11 is 0. The van der Waals surface area contributed by atoms with E-state index in [2.05, 4.69) is 4.74 Å². The molecule has 0 N–H and O–H groups in total. The van der Waals surface area contributed by atoms with Gasteiger partial charge in [-0.15, -0.1) is 0 Å². The van der Waals surface area contributed by atoms with E-state index in [1.807, 2.05) is 0 Å². The summed E-state index contributed by atoms with van der Waals surface area (Å²) in [4.78, 5) is 0. The van der Waals surface area contributed by atoms with Crippen molar-refractivity contribution in [2.24, 2.45) is 0 Å². The van der Waals surface area contributed by atoms with Crippen molar-refractivity contribution in [3.63, 3.8) is 0 Å². The first-order chi connectivity index (χ1) is 3.27. The van der Waals surface area contributed by atoms with Crippen molar-refractivity contribution in [1.29, 1.82) is 0 Å². The Kier molecular flexibility index (Phi) is 0.995. The lowest BCUT2D eigenvalue weighted by atomic mass is 10.8. The van der Waals surface area contributed by atoms with Crippen LogP contribution in [0.4, 0.5) is 8.78 Å². The predicted molar refractivity (Wildman–Crippen MR) is 20.6 cm³/mol. The Labute approximate surface area is 40.3 Å². The highest BCUT2D eigenvalue weighted by Gasteiger charge is 2.53. The second-order valence-electron chi connectivity index (χ2n) is 1.59. The Morgan fingerprint density at radius 2 is 1.71 bits per heavy atom. The molecule has 0 spiro atoms. The van der Waals surface area contributed by atoms with Crippen LogP contribution in [0.5, 0.6) is 0 Å². The van der Waals surface area contributed by atoms with Crippen LogP contribution in [0.3, 0.4) is 0 Å². The minimum atomic E-state index is -1.36. The van der Waals surface area contributed by atoms with Crippen molar-refractivity contribution in [3.8, 4) is 0 Å². The average Bonchev–Trinajstić information content (AvgIpc) is 2.17. The first kappa shape index (κ1) is 4.97. The SMILES string of the molecule is COC1C(F)C1F. The number of alkyl halides is 2. The van der Waals surface area contributed by atoms with Crippen LogP contribution in [0.15, 0.2) is 0 Å². The number of ether oxygens (including phenoxy) is 1. The van der Waals surface area contributed by atoms with Crippen LogP contribution in [0.2, 0.25) is 0 Å². The van der Waals surface area contributed by atoms with E-state index in [0.29, 0.717) is 0 Å². The topological polar surface area (TPSA) is 9.23 Å². The van der Waals surface area contributed by atoms with E-state index in [9.17, 15) is 8.78 Å². The van der Waals surface area contributed by atoms with Crippen LogP contribution in [-0.2, 0) is 4.74 Å². The Bertz CT molecular complexity index is 68.1. The Hall–Kier alpha value is -0.180. The summed E-state index contributed by atoms with van der Waals surface area (Å²) in [5.41, 5.74) is 0. The first-order valence-electron chi connectivity index (χ1n) is 2.08. The molecule has 2 unspecified atom stereocenters. The lowest BCUT2D eigenvalue weighted by molar-refractivity contribution is 0.146. The number of rotatable bonds is 1. The van der Waals surface area contributed by atoms with Gasteiger partial charge in [0.25, 0.3) is 0 Å². The number of hydrogen-bond donors (Lipinski definition) is 0. The van der Waals surface area contributed by atoms with Crippen molar-refractivity contribution < 1.29 is 13.5 Å². The predicted octanol–water partition coefficient (Wildman–Crippen LogP) is 0.691. The zero-order valence-corrected chi connectivity index (χ0v) is 3.90. The quantitative estimate of drug-likeness (QED) is 0.480. The zero-order chi connectivity index (χ0) is 5.44. The summed E-state index contributed by atoms with van der Waals surface area (Å²) in [6.07, 6.45) is -3.48. The summed E-state index contributed by atoms with van der Waals surface area (Å²) in [7, 11) is 1.30. The molecule has 0 bridgehead atoms. The Morgan fingerprint density at radius 1 is 1.29 bits per heavy atom. The van der Waals surface area contributed by atoms with Crippen molar-refractivity contribution in [2.45, 2.75) is 18.4 Å². The molecular formula is C4H6F2O. The summed E-state index contributed by atoms with van der Waals surface area (Å²) in [5.74, 6) is 0. The highest BCUT2D eigenvalue weighted by Crippen LogP contribution is 2.32. The summed E-state index contributed by atoms with van der Waals surface area (Å²) in [6.45, 7) is 0. The average molecular weight is 108 g/mol. The fourth-order valence-electron chi connectivity index (χ4n) is 0.476. The monoisotopic (exact) mass is 108 g/mol. The molecule has 7 heavy (non-hydrogen) atoms. The van der Waals surface area contributed by atoms with E-state index in [1.165, 1.54) is 7.11 Å². The van der Waals surface area contributed by atoms with Crippen molar-refractivity contribution in [1.82, 2.24) is 0 Å². The van der Waals surface area contributed by atoms with Crippen LogP contribution >= 0.6 is 0 Å². The summed E-state index contributed by atoms with van der Waals surface area (Å²) < 4.78 is 27.7. The summed E-state index contributed by atoms with van der Waals surface area (Å²) in [5, 5.41) is 0. The van der Waals surface area contributed by atoms with Gasteiger partial charge in [0, 0.05) is 7.11 Å². The smallest absolute Gasteiger partial charge is 0.163 e. The van der Waals surface area contributed by atoms with Crippen LogP contribution in [0.1, 0.15) is 0 Å². The van der Waals surface area contributed by atoms with Gasteiger partial charge in [-0.25, -0.2) is 8.78 Å². The molecule has 1 rings (SSSR count). The summed E-state index contributed by atoms with van der Waals surface area (Å²) in [6, 6.07) is 0. The minimum Gasteiger partial charge on any atom is -0.375 e. The van der Waals surface area contributed by atoms with E-state index in [1.54, 1.807) is 0 Å². The van der Waals surface area contributed by atoms with Crippen molar-refractivity contribution in [3.05, 3.63) is 0 Å². The highest BCUT2D eigenvalue weighted by molar-refractivity contribution is 5.00. The van der Waals surface area contributed by atoms with Gasteiger partial charge < -0.3 is 4.74 Å². The fourth-order valence-corrected chi connectivity index (χ4v) is 0.476. The minimum absolute atomic E-state index is 0.764. The van der Waals surface area contributed by atoms with Gasteiger partial charge in [0.15, 0.2) is 12.3 Å².